The number of rotatable bonds is 8. The lowest BCUT2D eigenvalue weighted by molar-refractivity contribution is 0.256. The van der Waals surface area contributed by atoms with Crippen molar-refractivity contribution in [1.29, 1.82) is 0 Å². The Balaban J connectivity index is 1.70. The van der Waals surface area contributed by atoms with Crippen LogP contribution >= 0.6 is 12.2 Å². The molecule has 3 rings (SSSR count). The monoisotopic (exact) mass is 431 g/mol. The zero-order valence-electron chi connectivity index (χ0n) is 18.4. The van der Waals surface area contributed by atoms with Gasteiger partial charge in [-0.15, -0.1) is 0 Å². The molecule has 0 aliphatic carbocycles. The van der Waals surface area contributed by atoms with Crippen LogP contribution in [0.25, 0.3) is 0 Å². The van der Waals surface area contributed by atoms with Crippen LogP contribution in [0.5, 0.6) is 11.5 Å². The van der Waals surface area contributed by atoms with Gasteiger partial charge in [0.05, 0.1) is 20.5 Å². The van der Waals surface area contributed by atoms with Gasteiger partial charge in [0.15, 0.2) is 16.6 Å². The van der Waals surface area contributed by atoms with Gasteiger partial charge in [-0.05, 0) is 70.7 Å². The van der Waals surface area contributed by atoms with E-state index in [2.05, 4.69) is 44.7 Å². The second-order valence-electron chi connectivity index (χ2n) is 7.76. The van der Waals surface area contributed by atoms with Crippen LogP contribution in [-0.4, -0.2) is 66.5 Å². The van der Waals surface area contributed by atoms with Crippen molar-refractivity contribution in [1.82, 2.24) is 19.8 Å². The summed E-state index contributed by atoms with van der Waals surface area (Å²) in [6, 6.07) is 6.37. The van der Waals surface area contributed by atoms with Gasteiger partial charge in [0.2, 0.25) is 0 Å². The van der Waals surface area contributed by atoms with Crippen LogP contribution < -0.4 is 19.7 Å². The van der Waals surface area contributed by atoms with E-state index < -0.39 is 0 Å². The number of imidazole rings is 1. The number of aryl methyl sites for hydroxylation is 2. The third kappa shape index (κ3) is 5.43. The number of aromatic nitrogens is 2. The largest absolute Gasteiger partial charge is 0.493 e. The van der Waals surface area contributed by atoms with Crippen LogP contribution in [0.1, 0.15) is 25.0 Å². The Morgan fingerprint density at radius 2 is 1.97 bits per heavy atom. The molecule has 1 N–H and O–H groups in total. The molecule has 0 bridgehead atoms. The van der Waals surface area contributed by atoms with E-state index in [-0.39, 0.29) is 0 Å². The van der Waals surface area contributed by atoms with Crippen molar-refractivity contribution in [3.63, 3.8) is 0 Å². The van der Waals surface area contributed by atoms with Crippen molar-refractivity contribution in [3.8, 4) is 11.5 Å². The number of likely N-dealkylation sites (tertiary alicyclic amines) is 1. The molecule has 0 saturated carbocycles. The summed E-state index contributed by atoms with van der Waals surface area (Å²) in [5.74, 6) is 1.44. The van der Waals surface area contributed by atoms with Crippen LogP contribution in [0.4, 0.5) is 5.69 Å². The molecular weight excluding hydrogens is 398 g/mol. The van der Waals surface area contributed by atoms with E-state index in [1.54, 1.807) is 14.2 Å². The van der Waals surface area contributed by atoms with E-state index in [9.17, 15) is 0 Å². The number of thiocarbonyl (C=S) groups is 1. The second kappa shape index (κ2) is 10.6. The molecule has 0 radical (unpaired) electrons. The SMILES string of the molecule is COc1ccc(N(C(=S)NCCCn2cncc2C)C2CCN(C)CC2)cc1OC. The molecule has 0 unspecified atom stereocenters. The van der Waals surface area contributed by atoms with Crippen molar-refractivity contribution in [2.75, 3.05) is 45.8 Å². The minimum atomic E-state index is 0.357. The Bertz CT molecular complexity index is 833. The first kappa shape index (κ1) is 22.4. The number of nitrogens with zero attached hydrogens (tertiary/aromatic N) is 4. The Labute approximate surface area is 185 Å². The average molecular weight is 432 g/mol. The summed E-state index contributed by atoms with van der Waals surface area (Å²) in [5.41, 5.74) is 2.21. The first-order chi connectivity index (χ1) is 14.5. The molecule has 0 amide bonds. The van der Waals surface area contributed by atoms with Gasteiger partial charge in [0.25, 0.3) is 0 Å². The van der Waals surface area contributed by atoms with Gasteiger partial charge in [0, 0.05) is 42.8 Å². The van der Waals surface area contributed by atoms with E-state index >= 15 is 0 Å². The number of anilines is 1. The lowest BCUT2D eigenvalue weighted by Gasteiger charge is -2.39. The molecule has 1 aliphatic rings. The van der Waals surface area contributed by atoms with Gasteiger partial charge >= 0.3 is 0 Å². The molecule has 1 saturated heterocycles. The van der Waals surface area contributed by atoms with Gasteiger partial charge in [-0.25, -0.2) is 4.98 Å². The maximum absolute atomic E-state index is 5.86. The summed E-state index contributed by atoms with van der Waals surface area (Å²) in [6.45, 7) is 5.94. The molecule has 7 nitrogen and oxygen atoms in total. The van der Waals surface area contributed by atoms with Crippen LogP contribution in [0.2, 0.25) is 0 Å². The highest BCUT2D eigenvalue weighted by Gasteiger charge is 2.27. The normalized spacial score (nSPS) is 15.1. The number of piperidine rings is 1. The molecule has 30 heavy (non-hydrogen) atoms. The maximum atomic E-state index is 5.86. The molecule has 0 spiro atoms. The number of hydrogen-bond acceptors (Lipinski definition) is 5. The highest BCUT2D eigenvalue weighted by molar-refractivity contribution is 7.80. The maximum Gasteiger partial charge on any atom is 0.173 e. The van der Waals surface area contributed by atoms with Crippen molar-refractivity contribution in [3.05, 3.63) is 36.4 Å². The minimum absolute atomic E-state index is 0.357. The van der Waals surface area contributed by atoms with Gasteiger partial charge in [-0.3, -0.25) is 0 Å². The second-order valence-corrected chi connectivity index (χ2v) is 8.14. The molecule has 8 heteroatoms. The lowest BCUT2D eigenvalue weighted by atomic mass is 10.0. The zero-order chi connectivity index (χ0) is 21.5. The number of ether oxygens (including phenoxy) is 2. The Morgan fingerprint density at radius 3 is 2.60 bits per heavy atom. The van der Waals surface area contributed by atoms with Crippen LogP contribution in [-0.2, 0) is 6.54 Å². The third-order valence-corrected chi connectivity index (χ3v) is 6.03. The van der Waals surface area contributed by atoms with Crippen molar-refractivity contribution in [2.45, 2.75) is 38.8 Å². The molecule has 1 fully saturated rings. The van der Waals surface area contributed by atoms with Gasteiger partial charge < -0.3 is 29.2 Å². The Kier molecular flexibility index (Phi) is 7.93. The average Bonchev–Trinajstić information content (AvgIpc) is 3.17. The smallest absolute Gasteiger partial charge is 0.173 e. The van der Waals surface area contributed by atoms with Gasteiger partial charge in [-0.1, -0.05) is 0 Å². The molecule has 2 aromatic rings. The summed E-state index contributed by atoms with van der Waals surface area (Å²) < 4.78 is 13.1. The topological polar surface area (TPSA) is 54.8 Å². The summed E-state index contributed by atoms with van der Waals surface area (Å²) >= 11 is 5.86. The highest BCUT2D eigenvalue weighted by Crippen LogP contribution is 2.33. The first-order valence-corrected chi connectivity index (χ1v) is 10.9. The van der Waals surface area contributed by atoms with E-state index in [0.717, 1.165) is 62.0 Å². The fraction of sp³-hybridized carbons (Fsp3) is 0.545. The molecule has 1 aliphatic heterocycles. The fourth-order valence-electron chi connectivity index (χ4n) is 3.87. The van der Waals surface area contributed by atoms with E-state index in [1.807, 2.05) is 24.7 Å². The van der Waals surface area contributed by atoms with E-state index in [0.29, 0.717) is 11.8 Å². The Hall–Kier alpha value is -2.32. The summed E-state index contributed by atoms with van der Waals surface area (Å²) in [7, 11) is 5.49. The molecule has 1 aromatic heterocycles. The van der Waals surface area contributed by atoms with Crippen LogP contribution in [0.15, 0.2) is 30.7 Å². The quantitative estimate of drug-likeness (QED) is 0.509. The van der Waals surface area contributed by atoms with Crippen molar-refractivity contribution >= 4 is 23.0 Å². The molecule has 164 valence electrons. The predicted octanol–water partition coefficient (Wildman–Crippen LogP) is 3.07. The van der Waals surface area contributed by atoms with Crippen LogP contribution in [0, 0.1) is 6.92 Å². The van der Waals surface area contributed by atoms with Gasteiger partial charge in [0.1, 0.15) is 0 Å². The number of nitrogens with one attached hydrogen (secondary N) is 1. The zero-order valence-corrected chi connectivity index (χ0v) is 19.2. The number of methoxy groups -OCH3 is 2. The fourth-order valence-corrected chi connectivity index (χ4v) is 4.23. The molecule has 2 heterocycles. The molecular formula is C22H33N5O2S. The first-order valence-electron chi connectivity index (χ1n) is 10.5. The number of benzene rings is 1. The Morgan fingerprint density at radius 1 is 1.23 bits per heavy atom. The van der Waals surface area contributed by atoms with Crippen molar-refractivity contribution in [2.24, 2.45) is 0 Å². The number of hydrogen-bond donors (Lipinski definition) is 1. The highest BCUT2D eigenvalue weighted by atomic mass is 32.1. The summed E-state index contributed by atoms with van der Waals surface area (Å²) in [6.07, 6.45) is 6.88. The summed E-state index contributed by atoms with van der Waals surface area (Å²) in [5, 5.41) is 4.24. The summed E-state index contributed by atoms with van der Waals surface area (Å²) in [4.78, 5) is 8.81. The minimum Gasteiger partial charge on any atom is -0.493 e. The molecule has 0 atom stereocenters. The van der Waals surface area contributed by atoms with Crippen LogP contribution in [0.3, 0.4) is 0 Å². The molecule has 1 aromatic carbocycles. The van der Waals surface area contributed by atoms with Gasteiger partial charge in [-0.2, -0.15) is 0 Å². The van der Waals surface area contributed by atoms with Crippen molar-refractivity contribution < 1.29 is 9.47 Å². The van der Waals surface area contributed by atoms with E-state index in [4.69, 9.17) is 21.7 Å². The third-order valence-electron chi connectivity index (χ3n) is 5.69. The predicted molar refractivity (Wildman–Crippen MR) is 125 cm³/mol. The van der Waals surface area contributed by atoms with E-state index in [1.165, 1.54) is 5.69 Å². The standard InChI is InChI=1S/C22H33N5O2S/c1-17-15-23-16-26(17)11-5-10-24-22(30)27(18-8-12-25(2)13-9-18)19-6-7-20(28-3)21(14-19)29-4/h6-7,14-16,18H,5,8-13H2,1-4H3,(H,24,30). The lowest BCUT2D eigenvalue weighted by Crippen LogP contribution is -2.50.